The smallest absolute Gasteiger partial charge is 0.223 e. The van der Waals surface area contributed by atoms with Crippen molar-refractivity contribution in [3.05, 3.63) is 95.3 Å². The number of aliphatic hydroxyl groups is 1. The molecule has 1 fully saturated rings. The first-order valence-corrected chi connectivity index (χ1v) is 11.0. The van der Waals surface area contributed by atoms with Crippen molar-refractivity contribution < 1.29 is 23.1 Å². The van der Waals surface area contributed by atoms with Gasteiger partial charge in [-0.25, -0.2) is 13.2 Å². The largest absolute Gasteiger partial charge is 0.396 e. The summed E-state index contributed by atoms with van der Waals surface area (Å²) in [7, 11) is 0. The Labute approximate surface area is 191 Å². The van der Waals surface area contributed by atoms with Gasteiger partial charge in [0.1, 0.15) is 17.5 Å². The van der Waals surface area contributed by atoms with Gasteiger partial charge in [-0.1, -0.05) is 36.4 Å². The van der Waals surface area contributed by atoms with Crippen LogP contribution in [0, 0.1) is 17.5 Å². The fraction of sp³-hybridized carbons (Fsp3) is 0.296. The summed E-state index contributed by atoms with van der Waals surface area (Å²) in [6, 6.07) is 16.7. The number of carbonyl (C=O) groups excluding carboxylic acids is 1. The Bertz CT molecular complexity index is 1130. The van der Waals surface area contributed by atoms with Crippen molar-refractivity contribution in [2.75, 3.05) is 13.2 Å². The molecule has 1 amide bonds. The first-order valence-electron chi connectivity index (χ1n) is 11.0. The van der Waals surface area contributed by atoms with Crippen molar-refractivity contribution in [3.8, 4) is 11.1 Å². The number of likely N-dealkylation sites (tertiary alicyclic amines) is 1. The van der Waals surface area contributed by atoms with Crippen molar-refractivity contribution in [2.24, 2.45) is 0 Å². The van der Waals surface area contributed by atoms with Crippen molar-refractivity contribution >= 4 is 5.91 Å². The first-order chi connectivity index (χ1) is 15.8. The predicted molar refractivity (Wildman–Crippen MR) is 121 cm³/mol. The maximum atomic E-state index is 14.1. The quantitative estimate of drug-likeness (QED) is 0.514. The zero-order valence-electron chi connectivity index (χ0n) is 18.4. The molecule has 1 N–H and O–H groups in total. The summed E-state index contributed by atoms with van der Waals surface area (Å²) in [5.41, 5.74) is 2.21. The molecule has 1 saturated heterocycles. The van der Waals surface area contributed by atoms with E-state index < -0.39 is 17.0 Å². The van der Waals surface area contributed by atoms with Crippen LogP contribution >= 0.6 is 0 Å². The summed E-state index contributed by atoms with van der Waals surface area (Å²) in [6.07, 6.45) is 1.33. The Hall–Kier alpha value is -3.12. The lowest BCUT2D eigenvalue weighted by Crippen LogP contribution is -2.47. The number of hydrogen-bond acceptors (Lipinski definition) is 2. The molecular formula is C27H26F3NO2. The second kappa shape index (κ2) is 9.40. The highest BCUT2D eigenvalue weighted by molar-refractivity contribution is 5.79. The third kappa shape index (κ3) is 4.67. The van der Waals surface area contributed by atoms with E-state index in [0.717, 1.165) is 17.2 Å². The van der Waals surface area contributed by atoms with Crippen LogP contribution in [0.1, 0.15) is 43.4 Å². The first kappa shape index (κ1) is 23.1. The van der Waals surface area contributed by atoms with Crippen LogP contribution in [-0.4, -0.2) is 29.1 Å². The van der Waals surface area contributed by atoms with Crippen LogP contribution in [-0.2, 0) is 10.2 Å². The Balaban J connectivity index is 1.52. The summed E-state index contributed by atoms with van der Waals surface area (Å²) >= 11 is 0. The van der Waals surface area contributed by atoms with Gasteiger partial charge in [0, 0.05) is 36.6 Å². The zero-order chi connectivity index (χ0) is 23.6. The monoisotopic (exact) mass is 453 g/mol. The molecule has 1 unspecified atom stereocenters. The highest BCUT2D eigenvalue weighted by Crippen LogP contribution is 2.41. The number of benzene rings is 3. The molecule has 0 aliphatic carbocycles. The number of piperidine rings is 1. The van der Waals surface area contributed by atoms with E-state index in [4.69, 9.17) is 0 Å². The number of rotatable bonds is 6. The molecule has 1 aliphatic rings. The minimum atomic E-state index is -0.622. The lowest BCUT2D eigenvalue weighted by Gasteiger charge is -2.44. The van der Waals surface area contributed by atoms with Gasteiger partial charge in [-0.3, -0.25) is 4.79 Å². The van der Waals surface area contributed by atoms with Gasteiger partial charge in [0.25, 0.3) is 0 Å². The average molecular weight is 454 g/mol. The molecule has 0 radical (unpaired) electrons. The molecule has 2 atom stereocenters. The number of aliphatic hydroxyl groups excluding tert-OH is 1. The van der Waals surface area contributed by atoms with Crippen molar-refractivity contribution in [1.82, 2.24) is 4.90 Å². The van der Waals surface area contributed by atoms with Crippen LogP contribution in [0.25, 0.3) is 11.1 Å². The third-order valence-electron chi connectivity index (χ3n) is 6.79. The number of hydrogen-bond donors (Lipinski definition) is 1. The topological polar surface area (TPSA) is 40.5 Å². The lowest BCUT2D eigenvalue weighted by atomic mass is 9.70. The normalized spacial score (nSPS) is 19.5. The van der Waals surface area contributed by atoms with E-state index in [1.54, 1.807) is 24.3 Å². The van der Waals surface area contributed by atoms with E-state index in [0.29, 0.717) is 30.5 Å². The lowest BCUT2D eigenvalue weighted by molar-refractivity contribution is -0.138. The van der Waals surface area contributed by atoms with Gasteiger partial charge in [-0.15, -0.1) is 0 Å². The van der Waals surface area contributed by atoms with E-state index in [2.05, 4.69) is 0 Å². The molecule has 1 aliphatic heterocycles. The van der Waals surface area contributed by atoms with Gasteiger partial charge in [-0.05, 0) is 60.7 Å². The standard InChI is InChI=1S/C27H26F3NO2/c1-18(19-2-4-20(5-3-19)24-11-10-23(29)16-25(24)30)31-14-12-27(13-15-32,17-26(31)33)21-6-8-22(28)9-7-21/h2-11,16,18,32H,12-15,17H2,1H3/t18-,27?/m0/s1. The maximum absolute atomic E-state index is 14.1. The van der Waals surface area contributed by atoms with Gasteiger partial charge >= 0.3 is 0 Å². The maximum Gasteiger partial charge on any atom is 0.223 e. The van der Waals surface area contributed by atoms with Crippen molar-refractivity contribution in [1.29, 1.82) is 0 Å². The summed E-state index contributed by atoms with van der Waals surface area (Å²) < 4.78 is 40.7. The van der Waals surface area contributed by atoms with E-state index in [9.17, 15) is 23.1 Å². The van der Waals surface area contributed by atoms with E-state index >= 15 is 0 Å². The van der Waals surface area contributed by atoms with Crippen LogP contribution in [0.4, 0.5) is 13.2 Å². The predicted octanol–water partition coefficient (Wildman–Crippen LogP) is 5.77. The Morgan fingerprint density at radius 1 is 0.970 bits per heavy atom. The number of halogens is 3. The molecule has 0 spiro atoms. The molecule has 0 aromatic heterocycles. The van der Waals surface area contributed by atoms with Gasteiger partial charge in [-0.2, -0.15) is 0 Å². The van der Waals surface area contributed by atoms with Crippen LogP contribution in [0.2, 0.25) is 0 Å². The van der Waals surface area contributed by atoms with Gasteiger partial charge in [0.05, 0.1) is 6.04 Å². The molecule has 172 valence electrons. The Morgan fingerprint density at radius 3 is 2.24 bits per heavy atom. The minimum Gasteiger partial charge on any atom is -0.396 e. The van der Waals surface area contributed by atoms with Crippen LogP contribution in [0.5, 0.6) is 0 Å². The molecule has 0 saturated carbocycles. The molecule has 1 heterocycles. The Morgan fingerprint density at radius 2 is 1.64 bits per heavy atom. The van der Waals surface area contributed by atoms with E-state index in [-0.39, 0.29) is 30.8 Å². The van der Waals surface area contributed by atoms with Gasteiger partial charge < -0.3 is 10.0 Å². The SMILES string of the molecule is C[C@@H](c1ccc(-c2ccc(F)cc2F)cc1)N1CCC(CCO)(c2ccc(F)cc2)CC1=O. The second-order valence-electron chi connectivity index (χ2n) is 8.70. The highest BCUT2D eigenvalue weighted by Gasteiger charge is 2.41. The fourth-order valence-corrected chi connectivity index (χ4v) is 4.81. The van der Waals surface area contributed by atoms with Crippen LogP contribution in [0.3, 0.4) is 0 Å². The molecule has 6 heteroatoms. The van der Waals surface area contributed by atoms with Gasteiger partial charge in [0.2, 0.25) is 5.91 Å². The number of carbonyl (C=O) groups is 1. The number of amides is 1. The fourth-order valence-electron chi connectivity index (χ4n) is 4.81. The van der Waals surface area contributed by atoms with E-state index in [1.807, 2.05) is 24.0 Å². The van der Waals surface area contributed by atoms with Gasteiger partial charge in [0.15, 0.2) is 0 Å². The average Bonchev–Trinajstić information content (AvgIpc) is 2.79. The van der Waals surface area contributed by atoms with Crippen molar-refractivity contribution in [2.45, 2.75) is 37.6 Å². The second-order valence-corrected chi connectivity index (χ2v) is 8.70. The van der Waals surface area contributed by atoms with Crippen LogP contribution in [0.15, 0.2) is 66.7 Å². The van der Waals surface area contributed by atoms with Crippen LogP contribution < -0.4 is 0 Å². The molecular weight excluding hydrogens is 427 g/mol. The molecule has 3 aromatic carbocycles. The highest BCUT2D eigenvalue weighted by atomic mass is 19.1. The number of nitrogens with zero attached hydrogens (tertiary/aromatic N) is 1. The van der Waals surface area contributed by atoms with Crippen molar-refractivity contribution in [3.63, 3.8) is 0 Å². The van der Waals surface area contributed by atoms with E-state index in [1.165, 1.54) is 24.3 Å². The third-order valence-corrected chi connectivity index (χ3v) is 6.79. The molecule has 0 bridgehead atoms. The Kier molecular flexibility index (Phi) is 6.56. The minimum absolute atomic E-state index is 0.0276. The molecule has 4 rings (SSSR count). The summed E-state index contributed by atoms with van der Waals surface area (Å²) in [5, 5.41) is 9.65. The molecule has 33 heavy (non-hydrogen) atoms. The molecule has 3 aromatic rings. The summed E-state index contributed by atoms with van der Waals surface area (Å²) in [6.45, 7) is 2.40. The summed E-state index contributed by atoms with van der Waals surface area (Å²) in [4.78, 5) is 15.0. The summed E-state index contributed by atoms with van der Waals surface area (Å²) in [5.74, 6) is -1.61. The zero-order valence-corrected chi connectivity index (χ0v) is 18.4. The molecule has 3 nitrogen and oxygen atoms in total.